The van der Waals surface area contributed by atoms with Gasteiger partial charge in [-0.1, -0.05) is 6.42 Å². The van der Waals surface area contributed by atoms with Gasteiger partial charge in [0.25, 0.3) is 0 Å². The van der Waals surface area contributed by atoms with Crippen molar-refractivity contribution in [3.05, 3.63) is 11.8 Å². The molecule has 0 radical (unpaired) electrons. The third-order valence-electron chi connectivity index (χ3n) is 3.50. The predicted octanol–water partition coefficient (Wildman–Crippen LogP) is 1.73. The van der Waals surface area contributed by atoms with Gasteiger partial charge in [-0.2, -0.15) is 0 Å². The summed E-state index contributed by atoms with van der Waals surface area (Å²) in [6.07, 6.45) is 3.91. The molecule has 0 amide bonds. The molecule has 0 aliphatic carbocycles. The summed E-state index contributed by atoms with van der Waals surface area (Å²) >= 11 is 0. The van der Waals surface area contributed by atoms with Crippen LogP contribution in [0.4, 0.5) is 0 Å². The van der Waals surface area contributed by atoms with Gasteiger partial charge in [0.1, 0.15) is 0 Å². The number of piperidine rings is 1. The topological polar surface area (TPSA) is 54.2 Å². The zero-order chi connectivity index (χ0) is 13.0. The van der Waals surface area contributed by atoms with Gasteiger partial charge in [-0.3, -0.25) is 4.90 Å². The second-order valence-electron chi connectivity index (χ2n) is 5.38. The summed E-state index contributed by atoms with van der Waals surface area (Å²) in [6, 6.07) is 1.09. The maximum Gasteiger partial charge on any atom is 0.230 e. The summed E-state index contributed by atoms with van der Waals surface area (Å²) in [7, 11) is 0. The van der Waals surface area contributed by atoms with Gasteiger partial charge in [0, 0.05) is 25.6 Å². The Bertz CT molecular complexity index is 358. The summed E-state index contributed by atoms with van der Waals surface area (Å²) in [5.74, 6) is 1.36. The molecule has 5 heteroatoms. The first kappa shape index (κ1) is 13.5. The molecular formula is C13H24N4O. The highest BCUT2D eigenvalue weighted by atomic mass is 16.4. The van der Waals surface area contributed by atoms with Crippen molar-refractivity contribution in [3.8, 4) is 0 Å². The lowest BCUT2D eigenvalue weighted by molar-refractivity contribution is 0.162. The fourth-order valence-corrected chi connectivity index (χ4v) is 2.40. The zero-order valence-corrected chi connectivity index (χ0v) is 11.6. The van der Waals surface area contributed by atoms with Gasteiger partial charge in [0.2, 0.25) is 11.8 Å². The van der Waals surface area contributed by atoms with Crippen LogP contribution in [0, 0.1) is 6.92 Å². The first-order valence-corrected chi connectivity index (χ1v) is 6.91. The molecule has 18 heavy (non-hydrogen) atoms. The minimum Gasteiger partial charge on any atom is -0.424 e. The van der Waals surface area contributed by atoms with E-state index in [1.54, 1.807) is 0 Å². The SMILES string of the molecule is Cc1nnc(CN(CC2CCCCN2)C(C)C)o1. The average Bonchev–Trinajstić information content (AvgIpc) is 2.75. The standard InChI is InChI=1S/C13H24N4O/c1-10(2)17(8-12-6-4-5-7-14-12)9-13-16-15-11(3)18-13/h10,12,14H,4-9H2,1-3H3. The molecule has 0 bridgehead atoms. The van der Waals surface area contributed by atoms with Crippen molar-refractivity contribution in [2.75, 3.05) is 13.1 Å². The molecule has 0 saturated carbocycles. The van der Waals surface area contributed by atoms with Gasteiger partial charge >= 0.3 is 0 Å². The molecule has 1 aromatic heterocycles. The Hall–Kier alpha value is -0.940. The second-order valence-corrected chi connectivity index (χ2v) is 5.38. The largest absolute Gasteiger partial charge is 0.424 e. The average molecular weight is 252 g/mol. The van der Waals surface area contributed by atoms with E-state index in [9.17, 15) is 0 Å². The van der Waals surface area contributed by atoms with Gasteiger partial charge in [-0.25, -0.2) is 0 Å². The van der Waals surface area contributed by atoms with Crippen molar-refractivity contribution in [2.45, 2.75) is 58.7 Å². The number of aromatic nitrogens is 2. The van der Waals surface area contributed by atoms with Gasteiger partial charge in [0.05, 0.1) is 6.54 Å². The number of hydrogen-bond donors (Lipinski definition) is 1. The van der Waals surface area contributed by atoms with Crippen LogP contribution in [-0.2, 0) is 6.54 Å². The highest BCUT2D eigenvalue weighted by Gasteiger charge is 2.20. The molecule has 5 nitrogen and oxygen atoms in total. The number of nitrogens with one attached hydrogen (secondary N) is 1. The van der Waals surface area contributed by atoms with Gasteiger partial charge < -0.3 is 9.73 Å². The molecule has 2 rings (SSSR count). The normalized spacial score (nSPS) is 20.8. The molecule has 1 saturated heterocycles. The van der Waals surface area contributed by atoms with E-state index >= 15 is 0 Å². The van der Waals surface area contributed by atoms with Gasteiger partial charge in [-0.15, -0.1) is 10.2 Å². The lowest BCUT2D eigenvalue weighted by Crippen LogP contribution is -2.45. The van der Waals surface area contributed by atoms with E-state index in [0.29, 0.717) is 18.0 Å². The zero-order valence-electron chi connectivity index (χ0n) is 11.6. The Balaban J connectivity index is 1.90. The monoisotopic (exact) mass is 252 g/mol. The molecule has 1 unspecified atom stereocenters. The Morgan fingerprint density at radius 2 is 2.22 bits per heavy atom. The van der Waals surface area contributed by atoms with Crippen LogP contribution in [0.25, 0.3) is 0 Å². The van der Waals surface area contributed by atoms with E-state index in [2.05, 4.69) is 34.3 Å². The van der Waals surface area contributed by atoms with Crippen molar-refractivity contribution < 1.29 is 4.42 Å². The van der Waals surface area contributed by atoms with Gasteiger partial charge in [-0.05, 0) is 33.2 Å². The first-order chi connectivity index (χ1) is 8.65. The first-order valence-electron chi connectivity index (χ1n) is 6.91. The summed E-state index contributed by atoms with van der Waals surface area (Å²) in [6.45, 7) is 9.21. The molecule has 0 spiro atoms. The molecular weight excluding hydrogens is 228 g/mol. The minimum absolute atomic E-state index is 0.487. The van der Waals surface area contributed by atoms with Crippen LogP contribution >= 0.6 is 0 Å². The molecule has 2 heterocycles. The summed E-state index contributed by atoms with van der Waals surface area (Å²) in [4.78, 5) is 2.40. The van der Waals surface area contributed by atoms with Crippen LogP contribution in [0.3, 0.4) is 0 Å². The highest BCUT2D eigenvalue weighted by Crippen LogP contribution is 2.13. The molecule has 1 fully saturated rings. The lowest BCUT2D eigenvalue weighted by Gasteiger charge is -2.32. The van der Waals surface area contributed by atoms with Crippen LogP contribution in [0.2, 0.25) is 0 Å². The number of aryl methyl sites for hydroxylation is 1. The maximum atomic E-state index is 5.47. The summed E-state index contributed by atoms with van der Waals surface area (Å²) in [5.41, 5.74) is 0. The highest BCUT2D eigenvalue weighted by molar-refractivity contribution is 4.83. The van der Waals surface area contributed by atoms with E-state index < -0.39 is 0 Å². The van der Waals surface area contributed by atoms with Gasteiger partial charge in [0.15, 0.2) is 0 Å². The number of hydrogen-bond acceptors (Lipinski definition) is 5. The molecule has 1 atom stereocenters. The Labute approximate surface area is 109 Å². The van der Waals surface area contributed by atoms with Crippen molar-refractivity contribution in [3.63, 3.8) is 0 Å². The third kappa shape index (κ3) is 3.78. The van der Waals surface area contributed by atoms with Crippen molar-refractivity contribution in [2.24, 2.45) is 0 Å². The number of rotatable bonds is 5. The number of nitrogens with zero attached hydrogens (tertiary/aromatic N) is 3. The molecule has 1 aliphatic rings. The van der Waals surface area contributed by atoms with Crippen LogP contribution in [0.15, 0.2) is 4.42 Å². The Morgan fingerprint density at radius 1 is 1.39 bits per heavy atom. The van der Waals surface area contributed by atoms with E-state index in [0.717, 1.165) is 25.5 Å². The summed E-state index contributed by atoms with van der Waals surface area (Å²) in [5, 5.41) is 11.6. The molecule has 1 N–H and O–H groups in total. The fraction of sp³-hybridized carbons (Fsp3) is 0.846. The molecule has 1 aromatic rings. The third-order valence-corrected chi connectivity index (χ3v) is 3.50. The van der Waals surface area contributed by atoms with Crippen LogP contribution in [0.1, 0.15) is 44.9 Å². The minimum atomic E-state index is 0.487. The molecule has 1 aliphatic heterocycles. The quantitative estimate of drug-likeness (QED) is 0.865. The van der Waals surface area contributed by atoms with Crippen LogP contribution < -0.4 is 5.32 Å². The molecule has 102 valence electrons. The van der Waals surface area contributed by atoms with Crippen LogP contribution in [-0.4, -0.2) is 40.3 Å². The Kier molecular flexibility index (Phi) is 4.72. The van der Waals surface area contributed by atoms with Crippen molar-refractivity contribution in [1.82, 2.24) is 20.4 Å². The smallest absolute Gasteiger partial charge is 0.230 e. The fourth-order valence-electron chi connectivity index (χ4n) is 2.40. The summed E-state index contributed by atoms with van der Waals surface area (Å²) < 4.78 is 5.47. The van der Waals surface area contributed by atoms with Crippen molar-refractivity contribution in [1.29, 1.82) is 0 Å². The van der Waals surface area contributed by atoms with E-state index in [1.165, 1.54) is 19.3 Å². The second kappa shape index (κ2) is 6.29. The van der Waals surface area contributed by atoms with E-state index in [1.807, 2.05) is 6.92 Å². The predicted molar refractivity (Wildman–Crippen MR) is 70.2 cm³/mol. The lowest BCUT2D eigenvalue weighted by atomic mass is 10.0. The van der Waals surface area contributed by atoms with Crippen molar-refractivity contribution >= 4 is 0 Å². The molecule has 0 aromatic carbocycles. The maximum absolute atomic E-state index is 5.47. The Morgan fingerprint density at radius 3 is 2.78 bits per heavy atom. The van der Waals surface area contributed by atoms with E-state index in [4.69, 9.17) is 4.42 Å². The van der Waals surface area contributed by atoms with Crippen LogP contribution in [0.5, 0.6) is 0 Å². The van der Waals surface area contributed by atoms with E-state index in [-0.39, 0.29) is 0 Å².